The van der Waals surface area contributed by atoms with Gasteiger partial charge in [-0.2, -0.15) is 0 Å². The number of nitrogens with zero attached hydrogens (tertiary/aromatic N) is 2. The van der Waals surface area contributed by atoms with E-state index in [2.05, 4.69) is 0 Å². The van der Waals surface area contributed by atoms with Crippen molar-refractivity contribution < 1.29 is 19.1 Å². The van der Waals surface area contributed by atoms with Gasteiger partial charge < -0.3 is 29.3 Å². The summed E-state index contributed by atoms with van der Waals surface area (Å²) < 4.78 is 10.9. The zero-order valence-electron chi connectivity index (χ0n) is 21.5. The van der Waals surface area contributed by atoms with Crippen molar-refractivity contribution in [2.75, 3.05) is 0 Å². The van der Waals surface area contributed by atoms with Gasteiger partial charge in [0, 0.05) is 11.0 Å². The number of hydrogen-bond donors (Lipinski definition) is 2. The SMILES string of the molecule is CC(C)OC(=O)c1cc2ccccc2n([O-])c1=N.CC(C)OC(=O)c1cc2ccccc2n([O-])c1=N.[Cl][Sn+2][Cl]. The van der Waals surface area contributed by atoms with Crippen LogP contribution in [0.25, 0.3) is 21.8 Å². The predicted molar refractivity (Wildman–Crippen MR) is 152 cm³/mol. The van der Waals surface area contributed by atoms with Crippen molar-refractivity contribution in [1.29, 1.82) is 10.8 Å². The number of rotatable bonds is 4. The monoisotopic (exact) mass is 680 g/mol. The van der Waals surface area contributed by atoms with Crippen LogP contribution in [0.3, 0.4) is 0 Å². The average molecular weight is 680 g/mol. The Morgan fingerprint density at radius 3 is 1.36 bits per heavy atom. The number of fused-ring (bicyclic) bond motifs is 2. The molecule has 13 heteroatoms. The molecule has 0 aliphatic carbocycles. The fourth-order valence-corrected chi connectivity index (χ4v) is 3.36. The standard InChI is InChI=1S/2C13H13N2O3.2ClH.Sn/c2*1-8(2)18-13(16)10-7-9-5-3-4-6-11(9)15(17)12(10)14;;;/h2*3-8,14H,1-2H3;2*1H;/q2*-1;;;+4/p-2. The van der Waals surface area contributed by atoms with Gasteiger partial charge in [0.05, 0.1) is 12.2 Å². The molecule has 2 N–H and O–H groups in total. The Kier molecular flexibility index (Phi) is 12.1. The average Bonchev–Trinajstić information content (AvgIpc) is 2.88. The van der Waals surface area contributed by atoms with E-state index < -0.39 is 30.8 Å². The van der Waals surface area contributed by atoms with Crippen molar-refractivity contribution in [3.05, 3.63) is 93.2 Å². The third kappa shape index (κ3) is 8.38. The van der Waals surface area contributed by atoms with Crippen LogP contribution in [0, 0.1) is 21.2 Å². The molecule has 2 aromatic heterocycles. The molecule has 2 heterocycles. The van der Waals surface area contributed by atoms with Gasteiger partial charge in [0.15, 0.2) is 0 Å². The molecule has 0 fully saturated rings. The molecule has 2 aromatic carbocycles. The van der Waals surface area contributed by atoms with Crippen LogP contribution in [0.5, 0.6) is 0 Å². The second-order valence-electron chi connectivity index (χ2n) is 8.50. The van der Waals surface area contributed by atoms with Crippen LogP contribution >= 0.6 is 17.8 Å². The van der Waals surface area contributed by atoms with Gasteiger partial charge in [-0.05, 0) is 62.7 Å². The number of carbonyl (C=O) groups is 2. The Hall–Kier alpha value is -3.22. The summed E-state index contributed by atoms with van der Waals surface area (Å²) in [5.41, 5.74) is -0.0827. The number of hydrogen-bond acceptors (Lipinski definition) is 8. The van der Waals surface area contributed by atoms with Crippen LogP contribution in [-0.4, -0.2) is 52.5 Å². The second-order valence-corrected chi connectivity index (χ2v) is 12.7. The molecule has 4 rings (SSSR count). The molecule has 0 unspecified atom stereocenters. The molecule has 0 aliphatic rings. The predicted octanol–water partition coefficient (Wildman–Crippen LogP) is 5.06. The van der Waals surface area contributed by atoms with Crippen molar-refractivity contribution in [3.8, 4) is 0 Å². The number of halogens is 2. The molecule has 0 atom stereocenters. The molecule has 204 valence electrons. The van der Waals surface area contributed by atoms with Crippen LogP contribution in [0.4, 0.5) is 0 Å². The van der Waals surface area contributed by atoms with Crippen LogP contribution in [0.2, 0.25) is 0 Å². The van der Waals surface area contributed by atoms with Gasteiger partial charge in [-0.3, -0.25) is 10.8 Å². The Balaban J connectivity index is 0.000000249. The molecule has 10 nitrogen and oxygen atoms in total. The first-order chi connectivity index (χ1) is 18.4. The summed E-state index contributed by atoms with van der Waals surface area (Å²) in [5.74, 6) is -1.30. The number of benzene rings is 2. The Morgan fingerprint density at radius 2 is 1.05 bits per heavy atom. The summed E-state index contributed by atoms with van der Waals surface area (Å²) in [6, 6.07) is 16.6. The van der Waals surface area contributed by atoms with E-state index in [0.29, 0.717) is 31.3 Å². The van der Waals surface area contributed by atoms with Gasteiger partial charge in [-0.1, -0.05) is 36.4 Å². The molecular formula is C26H26Cl2N4O6Sn. The van der Waals surface area contributed by atoms with Crippen LogP contribution in [0.1, 0.15) is 48.4 Å². The first kappa shape index (κ1) is 32.0. The van der Waals surface area contributed by atoms with Gasteiger partial charge in [-0.25, -0.2) is 9.59 Å². The van der Waals surface area contributed by atoms with Crippen LogP contribution in [0.15, 0.2) is 60.7 Å². The van der Waals surface area contributed by atoms with Gasteiger partial charge in [-0.15, -0.1) is 0 Å². The summed E-state index contributed by atoms with van der Waals surface area (Å²) >= 11 is -0.826. The molecule has 0 radical (unpaired) electrons. The number of aromatic nitrogens is 2. The van der Waals surface area contributed by atoms with E-state index in [0.717, 1.165) is 0 Å². The van der Waals surface area contributed by atoms with E-state index in [1.54, 1.807) is 76.2 Å². The normalized spacial score (nSPS) is 10.3. The van der Waals surface area contributed by atoms with Crippen molar-refractivity contribution in [2.24, 2.45) is 0 Å². The van der Waals surface area contributed by atoms with Crippen molar-refractivity contribution >= 4 is 70.5 Å². The zero-order valence-corrected chi connectivity index (χ0v) is 25.9. The van der Waals surface area contributed by atoms with Gasteiger partial charge >= 0.3 is 48.7 Å². The third-order valence-corrected chi connectivity index (χ3v) is 4.95. The number of pyridine rings is 2. The molecule has 4 aromatic rings. The Labute approximate surface area is 241 Å². The molecule has 0 bridgehead atoms. The third-order valence-electron chi connectivity index (χ3n) is 4.95. The van der Waals surface area contributed by atoms with E-state index >= 15 is 0 Å². The fraction of sp³-hybridized carbons (Fsp3) is 0.231. The molecule has 0 aliphatic heterocycles. The van der Waals surface area contributed by atoms with E-state index in [-0.39, 0.29) is 34.3 Å². The van der Waals surface area contributed by atoms with Crippen molar-refractivity contribution in [2.45, 2.75) is 39.9 Å². The minimum absolute atomic E-state index is 0.0163. The molecule has 0 amide bonds. The first-order valence-electron chi connectivity index (χ1n) is 11.5. The van der Waals surface area contributed by atoms with Gasteiger partial charge in [0.2, 0.25) is 0 Å². The zero-order chi connectivity index (χ0) is 29.3. The molecule has 0 spiro atoms. The quantitative estimate of drug-likeness (QED) is 0.227. The number of nitrogens with one attached hydrogen (secondary N) is 2. The van der Waals surface area contributed by atoms with Gasteiger partial charge in [0.25, 0.3) is 0 Å². The summed E-state index contributed by atoms with van der Waals surface area (Å²) in [5, 5.41) is 40.3. The van der Waals surface area contributed by atoms with Gasteiger partial charge in [0.1, 0.15) is 22.1 Å². The van der Waals surface area contributed by atoms with Crippen molar-refractivity contribution in [1.82, 2.24) is 9.46 Å². The summed E-state index contributed by atoms with van der Waals surface area (Å²) in [6.45, 7) is 6.86. The topological polar surface area (TPSA) is 156 Å². The minimum atomic E-state index is -0.826. The second kappa shape index (κ2) is 14.8. The summed E-state index contributed by atoms with van der Waals surface area (Å²) in [4.78, 5) is 23.6. The fourth-order valence-electron chi connectivity index (χ4n) is 3.36. The van der Waals surface area contributed by atoms with E-state index in [1.165, 1.54) is 12.1 Å². The molecule has 39 heavy (non-hydrogen) atoms. The molecule has 0 saturated carbocycles. The maximum absolute atomic E-state index is 11.9. The molecular weight excluding hydrogens is 654 g/mol. The van der Waals surface area contributed by atoms with Crippen LogP contribution in [-0.2, 0) is 9.47 Å². The number of para-hydroxylation sites is 2. The Bertz CT molecular complexity index is 1470. The number of carbonyl (C=O) groups excluding carboxylic acids is 2. The maximum atomic E-state index is 11.9. The first-order valence-corrected chi connectivity index (χ1v) is 18.8. The number of ether oxygens (including phenoxy) is 2. The van der Waals surface area contributed by atoms with E-state index in [4.69, 9.17) is 38.1 Å². The number of esters is 2. The summed E-state index contributed by atoms with van der Waals surface area (Å²) in [6.07, 6.45) is -0.577. The van der Waals surface area contributed by atoms with Crippen LogP contribution < -0.4 is 11.0 Å². The summed E-state index contributed by atoms with van der Waals surface area (Å²) in [7, 11) is 9.87. The molecule has 0 saturated heterocycles. The Morgan fingerprint density at radius 1 is 0.744 bits per heavy atom. The van der Waals surface area contributed by atoms with E-state index in [9.17, 15) is 20.0 Å². The van der Waals surface area contributed by atoms with E-state index in [1.807, 2.05) is 0 Å². The van der Waals surface area contributed by atoms with Crippen molar-refractivity contribution in [3.63, 3.8) is 0 Å².